The Morgan fingerprint density at radius 2 is 1.67 bits per heavy atom. The first-order valence-electron chi connectivity index (χ1n) is 9.96. The predicted molar refractivity (Wildman–Crippen MR) is 126 cm³/mol. The number of carbonyl (C=O) groups is 1. The molecule has 0 fully saturated rings. The van der Waals surface area contributed by atoms with Crippen LogP contribution in [0.15, 0.2) is 60.7 Å². The quantitative estimate of drug-likeness (QED) is 0.230. The molecule has 0 aliphatic rings. The van der Waals surface area contributed by atoms with Gasteiger partial charge in [-0.05, 0) is 48.0 Å². The van der Waals surface area contributed by atoms with Crippen molar-refractivity contribution in [3.05, 3.63) is 86.9 Å². The van der Waals surface area contributed by atoms with E-state index in [1.807, 2.05) is 0 Å². The van der Waals surface area contributed by atoms with Gasteiger partial charge in [0.2, 0.25) is 0 Å². The molecule has 0 saturated carbocycles. The molecular weight excluding hydrogens is 448 g/mol. The molecule has 8 nitrogen and oxygen atoms in total. The zero-order valence-electron chi connectivity index (χ0n) is 18.3. The maximum absolute atomic E-state index is 13.2. The lowest BCUT2D eigenvalue weighted by atomic mass is 9.96. The highest BCUT2D eigenvalue weighted by molar-refractivity contribution is 6.30. The second-order valence-corrected chi connectivity index (χ2v) is 7.53. The van der Waals surface area contributed by atoms with E-state index in [9.17, 15) is 14.9 Å². The second-order valence-electron chi connectivity index (χ2n) is 7.09. The van der Waals surface area contributed by atoms with Crippen molar-refractivity contribution in [2.75, 3.05) is 26.6 Å². The third kappa shape index (κ3) is 5.72. The highest BCUT2D eigenvalue weighted by atomic mass is 35.5. The van der Waals surface area contributed by atoms with E-state index in [1.54, 1.807) is 48.5 Å². The van der Waals surface area contributed by atoms with Gasteiger partial charge in [0.05, 0.1) is 32.3 Å². The van der Waals surface area contributed by atoms with Crippen molar-refractivity contribution in [1.82, 2.24) is 0 Å². The third-order valence-corrected chi connectivity index (χ3v) is 5.30. The monoisotopic (exact) mass is 470 g/mol. The third-order valence-electron chi connectivity index (χ3n) is 5.06. The molecule has 0 aliphatic heterocycles. The summed E-state index contributed by atoms with van der Waals surface area (Å²) < 4.78 is 15.6. The highest BCUT2D eigenvalue weighted by Crippen LogP contribution is 2.34. The largest absolute Gasteiger partial charge is 0.493 e. The van der Waals surface area contributed by atoms with Gasteiger partial charge in [0, 0.05) is 28.8 Å². The van der Waals surface area contributed by atoms with Crippen molar-refractivity contribution in [1.29, 1.82) is 0 Å². The Balaban J connectivity index is 1.98. The van der Waals surface area contributed by atoms with Gasteiger partial charge in [-0.15, -0.1) is 0 Å². The molecule has 1 unspecified atom stereocenters. The molecule has 0 radical (unpaired) electrons. The first-order chi connectivity index (χ1) is 15.9. The Labute approximate surface area is 196 Å². The van der Waals surface area contributed by atoms with Crippen LogP contribution in [0.3, 0.4) is 0 Å². The maximum Gasteiger partial charge on any atom is 0.311 e. The van der Waals surface area contributed by atoms with E-state index in [0.29, 0.717) is 33.3 Å². The lowest BCUT2D eigenvalue weighted by Crippen LogP contribution is -2.16. The molecule has 3 rings (SSSR count). The van der Waals surface area contributed by atoms with E-state index in [2.05, 4.69) is 5.32 Å². The number of halogens is 1. The maximum atomic E-state index is 13.2. The van der Waals surface area contributed by atoms with Crippen LogP contribution in [0.1, 0.15) is 28.4 Å². The molecule has 1 atom stereocenters. The molecule has 0 saturated heterocycles. The number of hydrogen-bond acceptors (Lipinski definition) is 7. The molecule has 9 heteroatoms. The zero-order valence-corrected chi connectivity index (χ0v) is 19.1. The van der Waals surface area contributed by atoms with E-state index in [1.165, 1.54) is 33.5 Å². The van der Waals surface area contributed by atoms with E-state index in [4.69, 9.17) is 25.8 Å². The van der Waals surface area contributed by atoms with Crippen molar-refractivity contribution in [3.63, 3.8) is 0 Å². The number of nitrogens with zero attached hydrogens (tertiary/aromatic N) is 1. The van der Waals surface area contributed by atoms with Crippen molar-refractivity contribution < 1.29 is 23.9 Å². The minimum Gasteiger partial charge on any atom is -0.493 e. The highest BCUT2D eigenvalue weighted by Gasteiger charge is 2.23. The van der Waals surface area contributed by atoms with Crippen LogP contribution in [-0.2, 0) is 0 Å². The van der Waals surface area contributed by atoms with Gasteiger partial charge >= 0.3 is 5.69 Å². The molecule has 0 heterocycles. The Bertz CT molecular complexity index is 1170. The Hall–Kier alpha value is -3.78. The first-order valence-corrected chi connectivity index (χ1v) is 10.3. The SMILES string of the molecule is COc1ccc(C(=O)CC(Nc2cccc(Cl)c2)c2ccc(OC)c([N+](=O)[O-])c2)cc1OC. The number of ether oxygens (including phenoxy) is 3. The zero-order chi connectivity index (χ0) is 24.0. The molecule has 0 aliphatic carbocycles. The summed E-state index contributed by atoms with van der Waals surface area (Å²) in [4.78, 5) is 24.2. The summed E-state index contributed by atoms with van der Waals surface area (Å²) in [5, 5.41) is 15.3. The summed E-state index contributed by atoms with van der Waals surface area (Å²) in [6.45, 7) is 0. The number of Topliss-reactive ketones (excluding diaryl/α,β-unsaturated/α-hetero) is 1. The van der Waals surface area contributed by atoms with Gasteiger partial charge in [0.15, 0.2) is 23.0 Å². The van der Waals surface area contributed by atoms with Gasteiger partial charge in [-0.25, -0.2) is 0 Å². The fourth-order valence-electron chi connectivity index (χ4n) is 3.41. The lowest BCUT2D eigenvalue weighted by molar-refractivity contribution is -0.385. The van der Waals surface area contributed by atoms with Gasteiger partial charge in [0.25, 0.3) is 0 Å². The van der Waals surface area contributed by atoms with Gasteiger partial charge < -0.3 is 19.5 Å². The molecule has 0 spiro atoms. The fourth-order valence-corrected chi connectivity index (χ4v) is 3.60. The van der Waals surface area contributed by atoms with Crippen LogP contribution in [0.4, 0.5) is 11.4 Å². The minimum absolute atomic E-state index is 0.0193. The first kappa shape index (κ1) is 23.9. The number of anilines is 1. The average molecular weight is 471 g/mol. The van der Waals surface area contributed by atoms with E-state index < -0.39 is 11.0 Å². The molecule has 0 aromatic heterocycles. The van der Waals surface area contributed by atoms with Crippen LogP contribution >= 0.6 is 11.6 Å². The van der Waals surface area contributed by atoms with Crippen LogP contribution in [0, 0.1) is 10.1 Å². The molecule has 1 N–H and O–H groups in total. The van der Waals surface area contributed by atoms with Crippen molar-refractivity contribution in [2.24, 2.45) is 0 Å². The summed E-state index contributed by atoms with van der Waals surface area (Å²) in [6, 6.07) is 16.0. The number of methoxy groups -OCH3 is 3. The number of ketones is 1. The number of nitro benzene ring substituents is 1. The normalized spacial score (nSPS) is 11.4. The molecule has 0 bridgehead atoms. The van der Waals surface area contributed by atoms with Gasteiger partial charge in [-0.3, -0.25) is 14.9 Å². The molecule has 33 heavy (non-hydrogen) atoms. The number of nitro groups is 1. The minimum atomic E-state index is -0.575. The van der Waals surface area contributed by atoms with Crippen LogP contribution in [-0.4, -0.2) is 32.0 Å². The van der Waals surface area contributed by atoms with Gasteiger partial charge in [-0.1, -0.05) is 23.7 Å². The standard InChI is InChI=1S/C24H23ClN2O6/c1-31-22-9-7-15(11-20(22)27(29)30)19(26-18-6-4-5-17(25)13-18)14-21(28)16-8-10-23(32-2)24(12-16)33-3/h4-13,19,26H,14H2,1-3H3. The number of carbonyl (C=O) groups excluding carboxylic acids is 1. The van der Waals surface area contributed by atoms with Gasteiger partial charge in [0.1, 0.15) is 0 Å². The summed E-state index contributed by atoms with van der Waals surface area (Å²) >= 11 is 6.11. The summed E-state index contributed by atoms with van der Waals surface area (Å²) in [6.07, 6.45) is 0.0193. The number of hydrogen-bond donors (Lipinski definition) is 1. The van der Waals surface area contributed by atoms with Crippen LogP contribution in [0.25, 0.3) is 0 Å². The van der Waals surface area contributed by atoms with E-state index in [-0.39, 0.29) is 23.6 Å². The molecule has 0 amide bonds. The smallest absolute Gasteiger partial charge is 0.311 e. The van der Waals surface area contributed by atoms with Crippen LogP contribution in [0.2, 0.25) is 5.02 Å². The van der Waals surface area contributed by atoms with Crippen LogP contribution < -0.4 is 19.5 Å². The van der Waals surface area contributed by atoms with Crippen molar-refractivity contribution in [3.8, 4) is 17.2 Å². The fraction of sp³-hybridized carbons (Fsp3) is 0.208. The molecule has 3 aromatic rings. The van der Waals surface area contributed by atoms with E-state index >= 15 is 0 Å². The van der Waals surface area contributed by atoms with Crippen molar-refractivity contribution >= 4 is 28.8 Å². The van der Waals surface area contributed by atoms with E-state index in [0.717, 1.165) is 0 Å². The number of rotatable bonds is 10. The summed E-state index contributed by atoms with van der Waals surface area (Å²) in [7, 11) is 4.37. The summed E-state index contributed by atoms with van der Waals surface area (Å²) in [5.74, 6) is 0.890. The topological polar surface area (TPSA) is 99.9 Å². The second kappa shape index (κ2) is 10.7. The van der Waals surface area contributed by atoms with Crippen LogP contribution in [0.5, 0.6) is 17.2 Å². The Kier molecular flexibility index (Phi) is 7.74. The van der Waals surface area contributed by atoms with Gasteiger partial charge in [-0.2, -0.15) is 0 Å². The summed E-state index contributed by atoms with van der Waals surface area (Å²) in [5.41, 5.74) is 1.46. The Morgan fingerprint density at radius 3 is 2.30 bits per heavy atom. The number of benzene rings is 3. The lowest BCUT2D eigenvalue weighted by Gasteiger charge is -2.21. The van der Waals surface area contributed by atoms with Crippen molar-refractivity contribution in [2.45, 2.75) is 12.5 Å². The molecular formula is C24H23ClN2O6. The Morgan fingerprint density at radius 1 is 0.970 bits per heavy atom. The predicted octanol–water partition coefficient (Wildman–Crippen LogP) is 5.70. The molecule has 3 aromatic carbocycles. The number of nitrogens with one attached hydrogen (secondary N) is 1. The molecule has 172 valence electrons. The average Bonchev–Trinajstić information content (AvgIpc) is 2.82.